The van der Waals surface area contributed by atoms with E-state index in [4.69, 9.17) is 0 Å². The van der Waals surface area contributed by atoms with Crippen LogP contribution in [0.1, 0.15) is 58.3 Å². The summed E-state index contributed by atoms with van der Waals surface area (Å²) < 4.78 is 0. The Kier molecular flexibility index (Phi) is 7.10. The van der Waals surface area contributed by atoms with E-state index in [1.54, 1.807) is 0 Å². The quantitative estimate of drug-likeness (QED) is 0.787. The zero-order valence-electron chi connectivity index (χ0n) is 10.3. The molecule has 1 rings (SSSR count). The summed E-state index contributed by atoms with van der Waals surface area (Å²) >= 11 is 3.41. The van der Waals surface area contributed by atoms with Gasteiger partial charge >= 0.3 is 0 Å². The monoisotopic (exact) mass is 289 g/mol. The number of carbonyl (C=O) groups excluding carboxylic acids is 1. The lowest BCUT2D eigenvalue weighted by Crippen LogP contribution is -2.37. The van der Waals surface area contributed by atoms with Crippen molar-refractivity contribution in [3.05, 3.63) is 0 Å². The van der Waals surface area contributed by atoms with Gasteiger partial charge in [0.05, 0.1) is 0 Å². The minimum atomic E-state index is 0.276. The molecule has 0 heterocycles. The molecule has 3 heteroatoms. The molecule has 1 fully saturated rings. The highest BCUT2D eigenvalue weighted by Crippen LogP contribution is 2.22. The van der Waals surface area contributed by atoms with Crippen LogP contribution < -0.4 is 5.32 Å². The Balaban J connectivity index is 2.32. The zero-order chi connectivity index (χ0) is 11.8. The molecule has 0 aromatic rings. The number of hydrogen-bond acceptors (Lipinski definition) is 1. The number of amides is 1. The number of alkyl halides is 1. The van der Waals surface area contributed by atoms with Crippen molar-refractivity contribution in [2.24, 2.45) is 5.92 Å². The van der Waals surface area contributed by atoms with E-state index in [9.17, 15) is 4.79 Å². The molecule has 2 nitrogen and oxygen atoms in total. The van der Waals surface area contributed by atoms with Crippen molar-refractivity contribution in [3.63, 3.8) is 0 Å². The van der Waals surface area contributed by atoms with Gasteiger partial charge < -0.3 is 5.32 Å². The summed E-state index contributed by atoms with van der Waals surface area (Å²) in [4.78, 5) is 12.0. The van der Waals surface area contributed by atoms with Gasteiger partial charge in [-0.3, -0.25) is 4.79 Å². The van der Waals surface area contributed by atoms with Crippen LogP contribution in [0, 0.1) is 5.92 Å². The van der Waals surface area contributed by atoms with Gasteiger partial charge in [-0.15, -0.1) is 0 Å². The van der Waals surface area contributed by atoms with Gasteiger partial charge in [0.2, 0.25) is 5.91 Å². The predicted octanol–water partition coefficient (Wildman–Crippen LogP) is 3.64. The van der Waals surface area contributed by atoms with Crippen molar-refractivity contribution in [1.82, 2.24) is 5.32 Å². The topological polar surface area (TPSA) is 29.1 Å². The molecule has 0 aromatic carbocycles. The average Bonchev–Trinajstić information content (AvgIpc) is 2.16. The number of hydrogen-bond donors (Lipinski definition) is 1. The van der Waals surface area contributed by atoms with Crippen LogP contribution in [0.4, 0.5) is 0 Å². The molecule has 1 unspecified atom stereocenters. The second kappa shape index (κ2) is 8.10. The van der Waals surface area contributed by atoms with Crippen LogP contribution in [-0.4, -0.2) is 17.3 Å². The van der Waals surface area contributed by atoms with Crippen LogP contribution >= 0.6 is 15.9 Å². The SMILES string of the molecule is CC(CCBr)NC(=O)C1CCCCCCC1. The van der Waals surface area contributed by atoms with Gasteiger partial charge in [0, 0.05) is 17.3 Å². The summed E-state index contributed by atoms with van der Waals surface area (Å²) in [6.45, 7) is 2.09. The lowest BCUT2D eigenvalue weighted by Gasteiger charge is -2.21. The van der Waals surface area contributed by atoms with E-state index < -0.39 is 0 Å². The van der Waals surface area contributed by atoms with Gasteiger partial charge in [-0.1, -0.05) is 48.0 Å². The zero-order valence-corrected chi connectivity index (χ0v) is 11.9. The maximum Gasteiger partial charge on any atom is 0.223 e. The molecule has 0 aliphatic heterocycles. The first-order valence-electron chi connectivity index (χ1n) is 6.60. The molecule has 0 radical (unpaired) electrons. The largest absolute Gasteiger partial charge is 0.353 e. The third-order valence-corrected chi connectivity index (χ3v) is 3.86. The van der Waals surface area contributed by atoms with Crippen molar-refractivity contribution in [3.8, 4) is 0 Å². The van der Waals surface area contributed by atoms with E-state index >= 15 is 0 Å². The van der Waals surface area contributed by atoms with Gasteiger partial charge in [0.1, 0.15) is 0 Å². The Hall–Kier alpha value is -0.0500. The molecular weight excluding hydrogens is 266 g/mol. The molecule has 1 aliphatic carbocycles. The van der Waals surface area contributed by atoms with E-state index in [-0.39, 0.29) is 11.8 Å². The lowest BCUT2D eigenvalue weighted by molar-refractivity contribution is -0.126. The third-order valence-electron chi connectivity index (χ3n) is 3.41. The fraction of sp³-hybridized carbons (Fsp3) is 0.923. The minimum Gasteiger partial charge on any atom is -0.353 e. The first kappa shape index (κ1) is 14.0. The van der Waals surface area contributed by atoms with Crippen LogP contribution in [0.2, 0.25) is 0 Å². The van der Waals surface area contributed by atoms with Crippen LogP contribution in [0.5, 0.6) is 0 Å². The van der Waals surface area contributed by atoms with E-state index in [0.717, 1.165) is 24.6 Å². The molecule has 1 atom stereocenters. The molecule has 16 heavy (non-hydrogen) atoms. The van der Waals surface area contributed by atoms with Crippen molar-refractivity contribution in [2.75, 3.05) is 5.33 Å². The third kappa shape index (κ3) is 5.33. The number of rotatable bonds is 4. The smallest absolute Gasteiger partial charge is 0.223 e. The maximum atomic E-state index is 12.0. The van der Waals surface area contributed by atoms with Gasteiger partial charge in [-0.2, -0.15) is 0 Å². The highest BCUT2D eigenvalue weighted by Gasteiger charge is 2.20. The van der Waals surface area contributed by atoms with E-state index in [1.165, 1.54) is 32.1 Å². The number of halogens is 1. The minimum absolute atomic E-state index is 0.276. The van der Waals surface area contributed by atoms with Gasteiger partial charge in [0.25, 0.3) is 0 Å². The summed E-state index contributed by atoms with van der Waals surface area (Å²) in [6, 6.07) is 0.303. The van der Waals surface area contributed by atoms with Crippen LogP contribution in [-0.2, 0) is 4.79 Å². The van der Waals surface area contributed by atoms with Crippen LogP contribution in [0.15, 0.2) is 0 Å². The Morgan fingerprint density at radius 1 is 1.25 bits per heavy atom. The molecule has 1 aliphatic rings. The Morgan fingerprint density at radius 3 is 2.38 bits per heavy atom. The highest BCUT2D eigenvalue weighted by molar-refractivity contribution is 9.09. The van der Waals surface area contributed by atoms with Gasteiger partial charge in [-0.05, 0) is 26.2 Å². The van der Waals surface area contributed by atoms with Crippen molar-refractivity contribution >= 4 is 21.8 Å². The van der Waals surface area contributed by atoms with E-state index in [1.807, 2.05) is 0 Å². The molecule has 0 saturated heterocycles. The first-order chi connectivity index (χ1) is 7.74. The summed E-state index contributed by atoms with van der Waals surface area (Å²) in [5.74, 6) is 0.563. The summed E-state index contributed by atoms with van der Waals surface area (Å²) in [7, 11) is 0. The molecule has 1 N–H and O–H groups in total. The Morgan fingerprint density at radius 2 is 1.81 bits per heavy atom. The Bertz CT molecular complexity index is 200. The molecular formula is C13H24BrNO. The predicted molar refractivity (Wildman–Crippen MR) is 71.8 cm³/mol. The van der Waals surface area contributed by atoms with Crippen LogP contribution in [0.3, 0.4) is 0 Å². The highest BCUT2D eigenvalue weighted by atomic mass is 79.9. The summed E-state index contributed by atoms with van der Waals surface area (Å²) in [6.07, 6.45) is 9.61. The normalized spacial score (nSPS) is 20.9. The molecule has 1 amide bonds. The first-order valence-corrected chi connectivity index (χ1v) is 7.72. The summed E-state index contributed by atoms with van der Waals surface area (Å²) in [5.41, 5.74) is 0. The van der Waals surface area contributed by atoms with E-state index in [0.29, 0.717) is 6.04 Å². The fourth-order valence-corrected chi connectivity index (χ4v) is 3.00. The Labute approximate surface area is 108 Å². The number of carbonyl (C=O) groups is 1. The van der Waals surface area contributed by atoms with Crippen LogP contribution in [0.25, 0.3) is 0 Å². The van der Waals surface area contributed by atoms with Crippen molar-refractivity contribution < 1.29 is 4.79 Å². The number of nitrogens with one attached hydrogen (secondary N) is 1. The summed E-state index contributed by atoms with van der Waals surface area (Å²) in [5, 5.41) is 4.09. The second-order valence-corrected chi connectivity index (χ2v) is 5.72. The molecule has 0 spiro atoms. The molecule has 0 aromatic heterocycles. The van der Waals surface area contributed by atoms with Crippen molar-refractivity contribution in [2.45, 2.75) is 64.3 Å². The standard InChI is InChI=1S/C13H24BrNO/c1-11(9-10-14)15-13(16)12-7-5-3-2-4-6-8-12/h11-12H,2-10H2,1H3,(H,15,16). The van der Waals surface area contributed by atoms with Gasteiger partial charge in [-0.25, -0.2) is 0 Å². The average molecular weight is 290 g/mol. The van der Waals surface area contributed by atoms with E-state index in [2.05, 4.69) is 28.2 Å². The van der Waals surface area contributed by atoms with Crippen molar-refractivity contribution in [1.29, 1.82) is 0 Å². The lowest BCUT2D eigenvalue weighted by atomic mass is 9.90. The molecule has 1 saturated carbocycles. The second-order valence-electron chi connectivity index (χ2n) is 4.93. The van der Waals surface area contributed by atoms with Gasteiger partial charge in [0.15, 0.2) is 0 Å². The molecule has 94 valence electrons. The fourth-order valence-electron chi connectivity index (χ4n) is 2.31. The molecule has 0 bridgehead atoms. The maximum absolute atomic E-state index is 12.0.